The van der Waals surface area contributed by atoms with E-state index in [1.165, 1.54) is 0 Å². The van der Waals surface area contributed by atoms with Gasteiger partial charge in [-0.2, -0.15) is 79.0 Å². The average molecular weight is 536 g/mol. The smallest absolute Gasteiger partial charge is 0.421 e. The number of hydrogen-bond donors (Lipinski definition) is 0. The van der Waals surface area contributed by atoms with Gasteiger partial charge in [0.1, 0.15) is 0 Å². The molecule has 196 valence electrons. The molecule has 0 N–H and O–H groups in total. The molecule has 0 fully saturated rings. The van der Waals surface area contributed by atoms with Crippen LogP contribution in [-0.4, -0.2) is 60.0 Å². The summed E-state index contributed by atoms with van der Waals surface area (Å²) in [6, 6.07) is 0. The lowest BCUT2D eigenvalue weighted by Gasteiger charge is -2.42. The van der Waals surface area contributed by atoms with E-state index in [1.54, 1.807) is 0 Å². The third-order valence-corrected chi connectivity index (χ3v) is 3.59. The summed E-state index contributed by atoms with van der Waals surface area (Å²) in [5, 5.41) is 0. The molecule has 1 unspecified atom stereocenters. The van der Waals surface area contributed by atoms with Crippen molar-refractivity contribution in [2.45, 2.75) is 60.9 Å². The summed E-state index contributed by atoms with van der Waals surface area (Å²) in [5.41, 5.74) is -1.12. The van der Waals surface area contributed by atoms with Crippen LogP contribution in [0.25, 0.3) is 0 Å². The topological polar surface area (TPSA) is 26.3 Å². The number of alkyl halides is 18. The highest BCUT2D eigenvalue weighted by Crippen LogP contribution is 2.64. The Bertz CT molecular complexity index is 764. The van der Waals surface area contributed by atoms with Crippen molar-refractivity contribution < 1.29 is 88.6 Å². The fraction of sp³-hybridized carbons (Fsp3) is 0.769. The van der Waals surface area contributed by atoms with E-state index in [0.717, 1.165) is 0 Å². The van der Waals surface area contributed by atoms with Crippen LogP contribution in [0.1, 0.15) is 6.92 Å². The van der Waals surface area contributed by atoms with E-state index in [2.05, 4.69) is 11.3 Å². The van der Waals surface area contributed by atoms with Gasteiger partial charge in [0.15, 0.2) is 0 Å². The van der Waals surface area contributed by atoms with Crippen molar-refractivity contribution >= 4 is 5.97 Å². The minimum atomic E-state index is -8.84. The predicted molar refractivity (Wildman–Crippen MR) is 66.5 cm³/mol. The van der Waals surface area contributed by atoms with E-state index < -0.39 is 65.5 Å². The highest BCUT2D eigenvalue weighted by atomic mass is 19.4. The fourth-order valence-corrected chi connectivity index (χ4v) is 1.59. The van der Waals surface area contributed by atoms with E-state index in [0.29, 0.717) is 6.92 Å². The van der Waals surface area contributed by atoms with Gasteiger partial charge < -0.3 is 4.74 Å². The molecule has 0 saturated heterocycles. The third kappa shape index (κ3) is 4.17. The maximum atomic E-state index is 13.4. The van der Waals surface area contributed by atoms with Crippen molar-refractivity contribution in [1.82, 2.24) is 0 Å². The number of halogens is 18. The summed E-state index contributed by atoms with van der Waals surface area (Å²) in [7, 11) is 0. The number of ether oxygens (including phenoxy) is 1. The lowest BCUT2D eigenvalue weighted by atomic mass is 9.89. The standard InChI is InChI=1S/C13H6F18O2/c1-3(2)4(32)33-5(14)6(15,16)7(17,18)8(19,20)9(21,22)10(23,24)11(25,26)12(27,28)13(29,30)31/h5H,1H2,2H3. The van der Waals surface area contributed by atoms with Crippen LogP contribution in [0.2, 0.25) is 0 Å². The number of carbonyl (C=O) groups excluding carboxylic acids is 1. The van der Waals surface area contributed by atoms with Gasteiger partial charge in [-0.05, 0) is 6.92 Å². The molecule has 0 spiro atoms. The van der Waals surface area contributed by atoms with Crippen LogP contribution >= 0.6 is 0 Å². The monoisotopic (exact) mass is 536 g/mol. The molecule has 0 aliphatic heterocycles. The molecule has 33 heavy (non-hydrogen) atoms. The average Bonchev–Trinajstić information content (AvgIpc) is 2.59. The van der Waals surface area contributed by atoms with E-state index >= 15 is 0 Å². The maximum Gasteiger partial charge on any atom is 0.460 e. The second-order valence-electron chi connectivity index (χ2n) is 6.07. The highest BCUT2D eigenvalue weighted by molar-refractivity contribution is 5.87. The Morgan fingerprint density at radius 2 is 0.879 bits per heavy atom. The SMILES string of the molecule is C=C(C)C(=O)OC(F)C(F)(F)C(F)(F)C(F)(F)C(F)(F)C(F)(F)C(F)(F)C(F)(F)C(F)(F)F. The molecule has 0 radical (unpaired) electrons. The molecular formula is C13H6F18O2. The summed E-state index contributed by atoms with van der Waals surface area (Å²) >= 11 is 0. The van der Waals surface area contributed by atoms with Crippen LogP contribution in [0.5, 0.6) is 0 Å². The molecule has 2 nitrogen and oxygen atoms in total. The minimum Gasteiger partial charge on any atom is -0.421 e. The van der Waals surface area contributed by atoms with Crippen molar-refractivity contribution in [3.8, 4) is 0 Å². The molecule has 1 atom stereocenters. The van der Waals surface area contributed by atoms with Crippen molar-refractivity contribution in [3.05, 3.63) is 12.2 Å². The van der Waals surface area contributed by atoms with Crippen LogP contribution < -0.4 is 0 Å². The molecule has 0 bridgehead atoms. The first-order valence-corrected chi connectivity index (χ1v) is 7.22. The second-order valence-corrected chi connectivity index (χ2v) is 6.07. The van der Waals surface area contributed by atoms with Crippen molar-refractivity contribution in [1.29, 1.82) is 0 Å². The highest BCUT2D eigenvalue weighted by Gasteiger charge is 2.95. The first-order valence-electron chi connectivity index (χ1n) is 7.22. The van der Waals surface area contributed by atoms with E-state index in [4.69, 9.17) is 0 Å². The molecule has 0 rings (SSSR count). The normalized spacial score (nSPS) is 16.5. The quantitative estimate of drug-likeness (QED) is 0.194. The summed E-state index contributed by atoms with van der Waals surface area (Å²) in [6.07, 6.45) is -13.3. The summed E-state index contributed by atoms with van der Waals surface area (Å²) in [6.45, 7) is 3.05. The molecule has 0 saturated carbocycles. The van der Waals surface area contributed by atoms with Crippen LogP contribution in [0, 0.1) is 0 Å². The van der Waals surface area contributed by atoms with E-state index in [9.17, 15) is 83.8 Å². The Balaban J connectivity index is 6.70. The Kier molecular flexibility index (Phi) is 7.52. The van der Waals surface area contributed by atoms with Crippen molar-refractivity contribution in [2.75, 3.05) is 0 Å². The summed E-state index contributed by atoms with van der Waals surface area (Å²) < 4.78 is 236. The van der Waals surface area contributed by atoms with Gasteiger partial charge in [0, 0.05) is 5.57 Å². The Morgan fingerprint density at radius 1 is 0.606 bits per heavy atom. The number of rotatable bonds is 9. The zero-order valence-corrected chi connectivity index (χ0v) is 14.9. The molecule has 0 heterocycles. The summed E-state index contributed by atoms with van der Waals surface area (Å²) in [4.78, 5) is 10.8. The van der Waals surface area contributed by atoms with Gasteiger partial charge in [-0.1, -0.05) is 6.58 Å². The molecule has 0 aromatic rings. The fourth-order valence-electron chi connectivity index (χ4n) is 1.59. The van der Waals surface area contributed by atoms with Crippen molar-refractivity contribution in [3.63, 3.8) is 0 Å². The first-order chi connectivity index (χ1) is 14.0. The Morgan fingerprint density at radius 3 is 1.15 bits per heavy atom. The Labute approximate surface area is 169 Å². The van der Waals surface area contributed by atoms with Gasteiger partial charge in [-0.15, -0.1) is 0 Å². The second kappa shape index (κ2) is 8.02. The largest absolute Gasteiger partial charge is 0.460 e. The van der Waals surface area contributed by atoms with E-state index in [-0.39, 0.29) is 0 Å². The molecule has 0 amide bonds. The van der Waals surface area contributed by atoms with Gasteiger partial charge in [0.2, 0.25) is 0 Å². The predicted octanol–water partition coefficient (Wildman–Crippen LogP) is 6.41. The van der Waals surface area contributed by atoms with Crippen LogP contribution in [0.3, 0.4) is 0 Å². The molecule has 0 aliphatic rings. The molecule has 20 heteroatoms. The molecular weight excluding hydrogens is 530 g/mol. The minimum absolute atomic E-state index is 0.498. The van der Waals surface area contributed by atoms with Crippen LogP contribution in [0.15, 0.2) is 12.2 Å². The number of hydrogen-bond acceptors (Lipinski definition) is 2. The molecule has 0 aliphatic carbocycles. The maximum absolute atomic E-state index is 13.4. The van der Waals surface area contributed by atoms with Gasteiger partial charge in [0.05, 0.1) is 0 Å². The summed E-state index contributed by atoms with van der Waals surface area (Å²) in [5.74, 6) is -61.5. The van der Waals surface area contributed by atoms with Gasteiger partial charge in [-0.25, -0.2) is 4.79 Å². The zero-order valence-electron chi connectivity index (χ0n) is 14.9. The number of carbonyl (C=O) groups is 1. The van der Waals surface area contributed by atoms with E-state index in [1.807, 2.05) is 0 Å². The van der Waals surface area contributed by atoms with Gasteiger partial charge in [0.25, 0.3) is 0 Å². The van der Waals surface area contributed by atoms with Crippen LogP contribution in [-0.2, 0) is 9.53 Å². The first kappa shape index (κ1) is 30.9. The number of esters is 1. The van der Waals surface area contributed by atoms with Crippen molar-refractivity contribution in [2.24, 2.45) is 0 Å². The van der Waals surface area contributed by atoms with Gasteiger partial charge >= 0.3 is 60.0 Å². The Hall–Kier alpha value is -2.05. The lowest BCUT2D eigenvalue weighted by molar-refractivity contribution is -0.465. The van der Waals surface area contributed by atoms with Crippen LogP contribution in [0.4, 0.5) is 79.0 Å². The van der Waals surface area contributed by atoms with Gasteiger partial charge in [-0.3, -0.25) is 0 Å². The lowest BCUT2D eigenvalue weighted by Crippen LogP contribution is -2.75. The third-order valence-electron chi connectivity index (χ3n) is 3.59. The molecule has 0 aromatic carbocycles. The molecule has 0 aromatic heterocycles. The zero-order chi connectivity index (χ0) is 27.4.